The summed E-state index contributed by atoms with van der Waals surface area (Å²) in [7, 11) is 0. The van der Waals surface area contributed by atoms with Crippen LogP contribution in [0.4, 0.5) is 11.9 Å². The van der Waals surface area contributed by atoms with Crippen molar-refractivity contribution < 1.29 is 0 Å². The van der Waals surface area contributed by atoms with Gasteiger partial charge in [0, 0.05) is 18.7 Å². The van der Waals surface area contributed by atoms with Crippen LogP contribution in [0.3, 0.4) is 0 Å². The van der Waals surface area contributed by atoms with Crippen LogP contribution in [-0.2, 0) is 6.42 Å². The van der Waals surface area contributed by atoms with Gasteiger partial charge in [-0.15, -0.1) is 0 Å². The zero-order chi connectivity index (χ0) is 14.5. The van der Waals surface area contributed by atoms with E-state index >= 15 is 0 Å². The van der Waals surface area contributed by atoms with Gasteiger partial charge < -0.3 is 10.6 Å². The van der Waals surface area contributed by atoms with Crippen LogP contribution in [0.15, 0.2) is 24.3 Å². The van der Waals surface area contributed by atoms with Crippen LogP contribution in [0.5, 0.6) is 0 Å². The standard InChI is InChI=1S/C15H21N5/c1-4-11-8-7-9-12(10-11)13-17-14(16)19-15(18-13)20(5-2)6-3/h7-10H,4-6H2,1-3H3,(H2,16,17,18,19). The summed E-state index contributed by atoms with van der Waals surface area (Å²) in [6.45, 7) is 7.95. The minimum absolute atomic E-state index is 0.263. The maximum absolute atomic E-state index is 5.83. The molecular weight excluding hydrogens is 250 g/mol. The Balaban J connectivity index is 2.45. The van der Waals surface area contributed by atoms with Gasteiger partial charge in [-0.2, -0.15) is 15.0 Å². The number of nitrogen functional groups attached to an aromatic ring is 1. The summed E-state index contributed by atoms with van der Waals surface area (Å²) in [5, 5.41) is 0. The second-order valence-electron chi connectivity index (χ2n) is 4.54. The third-order valence-electron chi connectivity index (χ3n) is 3.28. The smallest absolute Gasteiger partial charge is 0.230 e. The maximum Gasteiger partial charge on any atom is 0.230 e. The first-order valence-electron chi connectivity index (χ1n) is 7.03. The lowest BCUT2D eigenvalue weighted by Crippen LogP contribution is -2.25. The van der Waals surface area contributed by atoms with Crippen LogP contribution in [0.25, 0.3) is 11.4 Å². The molecular formula is C15H21N5. The second kappa shape index (κ2) is 6.32. The highest BCUT2D eigenvalue weighted by Gasteiger charge is 2.11. The van der Waals surface area contributed by atoms with Crippen LogP contribution >= 0.6 is 0 Å². The molecule has 2 N–H and O–H groups in total. The van der Waals surface area contributed by atoms with Crippen LogP contribution in [-0.4, -0.2) is 28.0 Å². The fourth-order valence-corrected chi connectivity index (χ4v) is 2.09. The summed E-state index contributed by atoms with van der Waals surface area (Å²) < 4.78 is 0. The first kappa shape index (κ1) is 14.2. The Morgan fingerprint density at radius 2 is 1.80 bits per heavy atom. The fraction of sp³-hybridized carbons (Fsp3) is 0.400. The van der Waals surface area contributed by atoms with Crippen molar-refractivity contribution in [2.75, 3.05) is 23.7 Å². The molecule has 2 rings (SSSR count). The third-order valence-corrected chi connectivity index (χ3v) is 3.28. The number of aromatic nitrogens is 3. The average Bonchev–Trinajstić information content (AvgIpc) is 2.48. The molecule has 0 radical (unpaired) electrons. The Kier molecular flexibility index (Phi) is 4.50. The molecule has 106 valence electrons. The Morgan fingerprint density at radius 3 is 2.45 bits per heavy atom. The van der Waals surface area contributed by atoms with Crippen LogP contribution in [0.1, 0.15) is 26.3 Å². The van der Waals surface area contributed by atoms with Gasteiger partial charge in [0.1, 0.15) is 0 Å². The molecule has 0 atom stereocenters. The van der Waals surface area contributed by atoms with Crippen molar-refractivity contribution in [1.82, 2.24) is 15.0 Å². The minimum Gasteiger partial charge on any atom is -0.368 e. The number of aryl methyl sites for hydroxylation is 1. The summed E-state index contributed by atoms with van der Waals surface area (Å²) in [5.41, 5.74) is 8.06. The number of anilines is 2. The molecule has 1 aromatic heterocycles. The molecule has 5 nitrogen and oxygen atoms in total. The van der Waals surface area contributed by atoms with Crippen molar-refractivity contribution in [3.63, 3.8) is 0 Å². The highest BCUT2D eigenvalue weighted by Crippen LogP contribution is 2.20. The minimum atomic E-state index is 0.263. The topological polar surface area (TPSA) is 67.9 Å². The number of nitrogens with zero attached hydrogens (tertiary/aromatic N) is 4. The molecule has 1 aromatic carbocycles. The Hall–Kier alpha value is -2.17. The highest BCUT2D eigenvalue weighted by atomic mass is 15.3. The number of benzene rings is 1. The first-order valence-corrected chi connectivity index (χ1v) is 7.03. The molecule has 0 aliphatic heterocycles. The van der Waals surface area contributed by atoms with Gasteiger partial charge >= 0.3 is 0 Å². The summed E-state index contributed by atoms with van der Waals surface area (Å²) in [6.07, 6.45) is 0.983. The summed E-state index contributed by atoms with van der Waals surface area (Å²) in [5.74, 6) is 1.54. The molecule has 0 saturated carbocycles. The van der Waals surface area contributed by atoms with Crippen LogP contribution < -0.4 is 10.6 Å². The summed E-state index contributed by atoms with van der Waals surface area (Å²) >= 11 is 0. The van der Waals surface area contributed by atoms with Crippen molar-refractivity contribution >= 4 is 11.9 Å². The summed E-state index contributed by atoms with van der Waals surface area (Å²) in [6, 6.07) is 8.21. The predicted octanol–water partition coefficient (Wildman–Crippen LogP) is 2.53. The van der Waals surface area contributed by atoms with Gasteiger partial charge in [0.2, 0.25) is 11.9 Å². The monoisotopic (exact) mass is 271 g/mol. The molecule has 20 heavy (non-hydrogen) atoms. The average molecular weight is 271 g/mol. The highest BCUT2D eigenvalue weighted by molar-refractivity contribution is 5.58. The summed E-state index contributed by atoms with van der Waals surface area (Å²) in [4.78, 5) is 15.1. The van der Waals surface area contributed by atoms with E-state index in [1.54, 1.807) is 0 Å². The van der Waals surface area contributed by atoms with Crippen molar-refractivity contribution in [3.8, 4) is 11.4 Å². The number of rotatable bonds is 5. The lowest BCUT2D eigenvalue weighted by atomic mass is 10.1. The van der Waals surface area contributed by atoms with E-state index in [0.29, 0.717) is 11.8 Å². The lowest BCUT2D eigenvalue weighted by Gasteiger charge is -2.18. The van der Waals surface area contributed by atoms with Gasteiger partial charge in [-0.25, -0.2) is 0 Å². The molecule has 0 aliphatic carbocycles. The molecule has 2 aromatic rings. The molecule has 1 heterocycles. The molecule has 5 heteroatoms. The molecule has 0 saturated heterocycles. The molecule has 0 fully saturated rings. The van der Waals surface area contributed by atoms with Crippen molar-refractivity contribution in [2.45, 2.75) is 27.2 Å². The fourth-order valence-electron chi connectivity index (χ4n) is 2.09. The SMILES string of the molecule is CCc1cccc(-c2nc(N)nc(N(CC)CC)n2)c1. The van der Waals surface area contributed by atoms with E-state index in [9.17, 15) is 0 Å². The van der Waals surface area contributed by atoms with E-state index in [2.05, 4.69) is 52.8 Å². The van der Waals surface area contributed by atoms with Gasteiger partial charge in [0.05, 0.1) is 0 Å². The number of hydrogen-bond donors (Lipinski definition) is 1. The van der Waals surface area contributed by atoms with Gasteiger partial charge in [-0.1, -0.05) is 25.1 Å². The van der Waals surface area contributed by atoms with Gasteiger partial charge in [0.25, 0.3) is 0 Å². The largest absolute Gasteiger partial charge is 0.368 e. The van der Waals surface area contributed by atoms with Crippen LogP contribution in [0, 0.1) is 0 Å². The molecule has 0 bridgehead atoms. The Labute approximate surface area is 119 Å². The maximum atomic E-state index is 5.83. The Bertz CT molecular complexity index is 578. The zero-order valence-electron chi connectivity index (χ0n) is 12.3. The van der Waals surface area contributed by atoms with Crippen LogP contribution in [0.2, 0.25) is 0 Å². The number of hydrogen-bond acceptors (Lipinski definition) is 5. The van der Waals surface area contributed by atoms with E-state index in [-0.39, 0.29) is 5.95 Å². The second-order valence-corrected chi connectivity index (χ2v) is 4.54. The van der Waals surface area contributed by atoms with E-state index < -0.39 is 0 Å². The van der Waals surface area contributed by atoms with Gasteiger partial charge in [-0.05, 0) is 31.9 Å². The van der Waals surface area contributed by atoms with E-state index in [0.717, 1.165) is 25.1 Å². The normalized spacial score (nSPS) is 10.6. The Morgan fingerprint density at radius 1 is 1.05 bits per heavy atom. The van der Waals surface area contributed by atoms with Gasteiger partial charge in [-0.3, -0.25) is 0 Å². The number of nitrogens with two attached hydrogens (primary N) is 1. The molecule has 0 amide bonds. The van der Waals surface area contributed by atoms with Crippen molar-refractivity contribution in [3.05, 3.63) is 29.8 Å². The molecule has 0 spiro atoms. The lowest BCUT2D eigenvalue weighted by molar-refractivity contribution is 0.816. The van der Waals surface area contributed by atoms with Gasteiger partial charge in [0.15, 0.2) is 5.82 Å². The van der Waals surface area contributed by atoms with E-state index in [4.69, 9.17) is 5.73 Å². The quantitative estimate of drug-likeness (QED) is 0.905. The molecule has 0 unspecified atom stereocenters. The zero-order valence-corrected chi connectivity index (χ0v) is 12.3. The van der Waals surface area contributed by atoms with Crippen molar-refractivity contribution in [1.29, 1.82) is 0 Å². The van der Waals surface area contributed by atoms with E-state index in [1.165, 1.54) is 5.56 Å². The third kappa shape index (κ3) is 3.04. The first-order chi connectivity index (χ1) is 9.67. The molecule has 0 aliphatic rings. The van der Waals surface area contributed by atoms with Crippen molar-refractivity contribution in [2.24, 2.45) is 0 Å². The predicted molar refractivity (Wildman–Crippen MR) is 82.6 cm³/mol. The van der Waals surface area contributed by atoms with E-state index in [1.807, 2.05) is 12.1 Å².